The lowest BCUT2D eigenvalue weighted by Gasteiger charge is -2.30. The molecule has 0 aliphatic carbocycles. The molecule has 1 saturated heterocycles. The van der Waals surface area contributed by atoms with Crippen LogP contribution >= 0.6 is 0 Å². The van der Waals surface area contributed by atoms with Gasteiger partial charge in [0.25, 0.3) is 0 Å². The average molecular weight is 291 g/mol. The Morgan fingerprint density at radius 3 is 2.52 bits per heavy atom. The van der Waals surface area contributed by atoms with E-state index in [0.717, 1.165) is 12.8 Å². The van der Waals surface area contributed by atoms with Gasteiger partial charge in [-0.15, -0.1) is 0 Å². The summed E-state index contributed by atoms with van der Waals surface area (Å²) in [4.78, 5) is 32.3. The predicted molar refractivity (Wildman–Crippen MR) is 74.1 cm³/mol. The molecule has 1 amide bonds. The fraction of sp³-hybridized carbons (Fsp3) is 0.429. The lowest BCUT2D eigenvalue weighted by Crippen LogP contribution is -2.38. The van der Waals surface area contributed by atoms with Gasteiger partial charge < -0.3 is 14.7 Å². The van der Waals surface area contributed by atoms with Gasteiger partial charge in [-0.2, -0.15) is 0 Å². The fourth-order valence-corrected chi connectivity index (χ4v) is 2.20. The van der Waals surface area contributed by atoms with Crippen LogP contribution in [0, 0.1) is 0 Å². The van der Waals surface area contributed by atoms with E-state index in [1.165, 1.54) is 18.5 Å². The molecule has 1 fully saturated rings. The number of carboxylic acid groups (broad SMARTS) is 1. The van der Waals surface area contributed by atoms with Crippen molar-refractivity contribution in [2.75, 3.05) is 19.7 Å². The number of hydrogen-bond acceptors (Lipinski definition) is 5. The molecule has 0 atom stereocenters. The van der Waals surface area contributed by atoms with E-state index in [0.29, 0.717) is 18.9 Å². The molecule has 1 N–H and O–H groups in total. The minimum atomic E-state index is -1.04. The van der Waals surface area contributed by atoms with Gasteiger partial charge in [-0.1, -0.05) is 12.7 Å². The number of carbonyl (C=O) groups excluding carboxylic acids is 1. The molecule has 7 heteroatoms. The molecule has 0 aromatic carbocycles. The molecule has 0 radical (unpaired) electrons. The Morgan fingerprint density at radius 1 is 1.38 bits per heavy atom. The molecule has 2 heterocycles. The molecule has 1 aromatic rings. The lowest BCUT2D eigenvalue weighted by molar-refractivity contribution is 0.0695. The Morgan fingerprint density at radius 2 is 2.00 bits per heavy atom. The summed E-state index contributed by atoms with van der Waals surface area (Å²) in [6.07, 6.45) is 5.29. The lowest BCUT2D eigenvalue weighted by atomic mass is 9.96. The number of nitrogens with zero attached hydrogens (tertiary/aromatic N) is 3. The highest BCUT2D eigenvalue weighted by Gasteiger charge is 2.26. The third-order valence-corrected chi connectivity index (χ3v) is 3.36. The first kappa shape index (κ1) is 15.0. The first-order valence-corrected chi connectivity index (χ1v) is 6.69. The van der Waals surface area contributed by atoms with Crippen LogP contribution in [0.3, 0.4) is 0 Å². The molecular weight excluding hydrogens is 274 g/mol. The SMILES string of the molecule is C=CCOC(=O)N1CCC(c2ncc(C(=O)O)cn2)CC1. The van der Waals surface area contributed by atoms with Crippen molar-refractivity contribution in [2.45, 2.75) is 18.8 Å². The fourth-order valence-electron chi connectivity index (χ4n) is 2.20. The van der Waals surface area contributed by atoms with Crippen LogP contribution < -0.4 is 0 Å². The molecule has 1 aliphatic rings. The van der Waals surface area contributed by atoms with Gasteiger partial charge in [-0.3, -0.25) is 0 Å². The minimum Gasteiger partial charge on any atom is -0.478 e. The van der Waals surface area contributed by atoms with Gasteiger partial charge >= 0.3 is 12.1 Å². The Bertz CT molecular complexity index is 522. The normalized spacial score (nSPS) is 15.5. The first-order valence-electron chi connectivity index (χ1n) is 6.69. The van der Waals surface area contributed by atoms with Gasteiger partial charge in [0.2, 0.25) is 0 Å². The quantitative estimate of drug-likeness (QED) is 0.848. The Balaban J connectivity index is 1.90. The smallest absolute Gasteiger partial charge is 0.410 e. The number of amides is 1. The summed E-state index contributed by atoms with van der Waals surface area (Å²) in [7, 11) is 0. The van der Waals surface area contributed by atoms with E-state index < -0.39 is 5.97 Å². The first-order chi connectivity index (χ1) is 10.1. The van der Waals surface area contributed by atoms with Gasteiger partial charge in [0.1, 0.15) is 12.4 Å². The van der Waals surface area contributed by atoms with E-state index in [1.807, 2.05) is 0 Å². The number of carbonyl (C=O) groups is 2. The van der Waals surface area contributed by atoms with Crippen LogP contribution in [-0.4, -0.2) is 51.7 Å². The van der Waals surface area contributed by atoms with Gasteiger partial charge in [-0.25, -0.2) is 19.6 Å². The molecular formula is C14H17N3O4. The second kappa shape index (κ2) is 6.83. The van der Waals surface area contributed by atoms with Crippen LogP contribution in [0.5, 0.6) is 0 Å². The molecule has 0 spiro atoms. The maximum Gasteiger partial charge on any atom is 0.410 e. The van der Waals surface area contributed by atoms with Crippen molar-refractivity contribution < 1.29 is 19.4 Å². The molecule has 1 aromatic heterocycles. The highest BCUT2D eigenvalue weighted by Crippen LogP contribution is 2.25. The zero-order chi connectivity index (χ0) is 15.2. The van der Waals surface area contributed by atoms with E-state index in [9.17, 15) is 9.59 Å². The van der Waals surface area contributed by atoms with Crippen LogP contribution in [-0.2, 0) is 4.74 Å². The number of piperidine rings is 1. The summed E-state index contributed by atoms with van der Waals surface area (Å²) < 4.78 is 4.99. The molecule has 21 heavy (non-hydrogen) atoms. The summed E-state index contributed by atoms with van der Waals surface area (Å²) >= 11 is 0. The number of aromatic nitrogens is 2. The number of rotatable bonds is 4. The number of likely N-dealkylation sites (tertiary alicyclic amines) is 1. The molecule has 112 valence electrons. The summed E-state index contributed by atoms with van der Waals surface area (Å²) in [5, 5.41) is 8.81. The molecule has 7 nitrogen and oxygen atoms in total. The zero-order valence-corrected chi connectivity index (χ0v) is 11.6. The van der Waals surface area contributed by atoms with Crippen LogP contribution in [0.4, 0.5) is 4.79 Å². The van der Waals surface area contributed by atoms with Crippen molar-refractivity contribution in [1.29, 1.82) is 0 Å². The third kappa shape index (κ3) is 3.77. The van der Waals surface area contributed by atoms with Crippen molar-refractivity contribution >= 4 is 12.1 Å². The number of aromatic carboxylic acids is 1. The van der Waals surface area contributed by atoms with Crippen LogP contribution in [0.15, 0.2) is 25.0 Å². The van der Waals surface area contributed by atoms with Crippen molar-refractivity contribution in [3.05, 3.63) is 36.4 Å². The number of ether oxygens (including phenoxy) is 1. The van der Waals surface area contributed by atoms with Crippen LogP contribution in [0.2, 0.25) is 0 Å². The van der Waals surface area contributed by atoms with Crippen molar-refractivity contribution in [2.24, 2.45) is 0 Å². The van der Waals surface area contributed by atoms with Crippen LogP contribution in [0.1, 0.15) is 34.9 Å². The number of carboxylic acids is 1. The summed E-state index contributed by atoms with van der Waals surface area (Å²) in [5.74, 6) is -0.281. The van der Waals surface area contributed by atoms with Crippen LogP contribution in [0.25, 0.3) is 0 Å². The molecule has 1 aliphatic heterocycles. The van der Waals surface area contributed by atoms with Gasteiger partial charge in [-0.05, 0) is 12.8 Å². The Labute approximate surface area is 122 Å². The molecule has 2 rings (SSSR count). The maximum absolute atomic E-state index is 11.7. The Kier molecular flexibility index (Phi) is 4.86. The average Bonchev–Trinajstić information content (AvgIpc) is 2.53. The monoisotopic (exact) mass is 291 g/mol. The largest absolute Gasteiger partial charge is 0.478 e. The van der Waals surface area contributed by atoms with Gasteiger partial charge in [0.05, 0.1) is 5.56 Å². The standard InChI is InChI=1S/C14H17N3O4/c1-2-7-21-14(20)17-5-3-10(4-6-17)12-15-8-11(9-16-12)13(18)19/h2,8-10H,1,3-7H2,(H,18,19). The van der Waals surface area contributed by atoms with E-state index in [1.54, 1.807) is 4.90 Å². The van der Waals surface area contributed by atoms with Crippen molar-refractivity contribution in [3.8, 4) is 0 Å². The second-order valence-electron chi connectivity index (χ2n) is 4.76. The molecule has 0 unspecified atom stereocenters. The topological polar surface area (TPSA) is 92.6 Å². The van der Waals surface area contributed by atoms with E-state index in [-0.39, 0.29) is 24.2 Å². The summed E-state index contributed by atoms with van der Waals surface area (Å²) in [6.45, 7) is 4.85. The minimum absolute atomic E-state index is 0.0733. The molecule has 0 saturated carbocycles. The van der Waals surface area contributed by atoms with E-state index in [4.69, 9.17) is 9.84 Å². The summed E-state index contributed by atoms with van der Waals surface area (Å²) in [6, 6.07) is 0. The molecule has 0 bridgehead atoms. The predicted octanol–water partition coefficient (Wildman–Crippen LogP) is 1.68. The van der Waals surface area contributed by atoms with Gasteiger partial charge in [0.15, 0.2) is 0 Å². The third-order valence-electron chi connectivity index (χ3n) is 3.36. The van der Waals surface area contributed by atoms with E-state index in [2.05, 4.69) is 16.5 Å². The van der Waals surface area contributed by atoms with Gasteiger partial charge in [0, 0.05) is 31.4 Å². The summed E-state index contributed by atoms with van der Waals surface area (Å²) in [5.41, 5.74) is 0.0733. The highest BCUT2D eigenvalue weighted by atomic mass is 16.6. The van der Waals surface area contributed by atoms with E-state index >= 15 is 0 Å². The Hall–Kier alpha value is -2.44. The number of hydrogen-bond donors (Lipinski definition) is 1. The highest BCUT2D eigenvalue weighted by molar-refractivity contribution is 5.86. The van der Waals surface area contributed by atoms with Crippen molar-refractivity contribution in [3.63, 3.8) is 0 Å². The second-order valence-corrected chi connectivity index (χ2v) is 4.76. The maximum atomic E-state index is 11.7. The van der Waals surface area contributed by atoms with Crippen molar-refractivity contribution in [1.82, 2.24) is 14.9 Å². The zero-order valence-electron chi connectivity index (χ0n) is 11.6.